The number of amides is 1. The number of nitrogens with zero attached hydrogens (tertiary/aromatic N) is 1. The molecule has 136 valence electrons. The predicted molar refractivity (Wildman–Crippen MR) is 81.0 cm³/mol. The van der Waals surface area contributed by atoms with E-state index < -0.39 is 34.9 Å². The van der Waals surface area contributed by atoms with Crippen molar-refractivity contribution in [3.63, 3.8) is 0 Å². The third kappa shape index (κ3) is 4.11. The molecule has 23 heavy (non-hydrogen) atoms. The molecule has 1 aliphatic rings. The molecule has 2 atom stereocenters. The maximum atomic E-state index is 13.7. The fraction of sp³-hybridized carbons (Fsp3) is 0.938. The van der Waals surface area contributed by atoms with Gasteiger partial charge in [-0.25, -0.2) is 4.79 Å². The van der Waals surface area contributed by atoms with Crippen LogP contribution >= 0.6 is 0 Å². The third-order valence-electron chi connectivity index (χ3n) is 4.19. The van der Waals surface area contributed by atoms with Gasteiger partial charge in [-0.1, -0.05) is 20.8 Å². The van der Waals surface area contributed by atoms with Gasteiger partial charge in [-0.3, -0.25) is 0 Å². The van der Waals surface area contributed by atoms with Crippen LogP contribution in [0.15, 0.2) is 0 Å². The summed E-state index contributed by atoms with van der Waals surface area (Å²) in [7, 11) is 0. The molecule has 4 nitrogen and oxygen atoms in total. The first-order valence-corrected chi connectivity index (χ1v) is 7.90. The van der Waals surface area contributed by atoms with Crippen LogP contribution in [0.4, 0.5) is 18.0 Å². The zero-order valence-corrected chi connectivity index (χ0v) is 14.8. The smallest absolute Gasteiger partial charge is 0.419 e. The lowest BCUT2D eigenvalue weighted by Crippen LogP contribution is -2.69. The van der Waals surface area contributed by atoms with Crippen LogP contribution < -0.4 is 0 Å². The van der Waals surface area contributed by atoms with Crippen molar-refractivity contribution in [2.75, 3.05) is 6.54 Å². The number of piperidine rings is 1. The van der Waals surface area contributed by atoms with Gasteiger partial charge in [0.1, 0.15) is 5.60 Å². The molecule has 0 bridgehead atoms. The van der Waals surface area contributed by atoms with E-state index in [1.807, 2.05) is 0 Å². The topological polar surface area (TPSA) is 49.8 Å². The molecule has 0 aliphatic carbocycles. The van der Waals surface area contributed by atoms with E-state index in [1.165, 1.54) is 20.8 Å². The van der Waals surface area contributed by atoms with Crippen molar-refractivity contribution in [3.05, 3.63) is 0 Å². The zero-order valence-electron chi connectivity index (χ0n) is 14.8. The Morgan fingerprint density at radius 3 is 2.00 bits per heavy atom. The van der Waals surface area contributed by atoms with E-state index in [0.717, 1.165) is 4.90 Å². The Bertz CT molecular complexity index is 421. The van der Waals surface area contributed by atoms with Gasteiger partial charge in [0.15, 0.2) is 5.60 Å². The Labute approximate surface area is 136 Å². The number of hydrogen-bond donors (Lipinski definition) is 1. The summed E-state index contributed by atoms with van der Waals surface area (Å²) in [6.07, 6.45) is -4.46. The Morgan fingerprint density at radius 1 is 1.09 bits per heavy atom. The SMILES string of the molecule is CC(C)(C)OC(=O)N1CCCC[C@@H]1[C@](O)(C(C)(C)C)C(F)(F)F. The molecule has 1 heterocycles. The van der Waals surface area contributed by atoms with Crippen LogP contribution in [0.3, 0.4) is 0 Å². The van der Waals surface area contributed by atoms with Gasteiger partial charge in [-0.15, -0.1) is 0 Å². The molecule has 1 fully saturated rings. The number of likely N-dealkylation sites (tertiary alicyclic amines) is 1. The van der Waals surface area contributed by atoms with Crippen molar-refractivity contribution in [1.29, 1.82) is 0 Å². The number of rotatable bonds is 1. The summed E-state index contributed by atoms with van der Waals surface area (Å²) in [6, 6.07) is -1.36. The fourth-order valence-corrected chi connectivity index (χ4v) is 3.02. The molecule has 1 rings (SSSR count). The van der Waals surface area contributed by atoms with E-state index in [9.17, 15) is 23.1 Å². The van der Waals surface area contributed by atoms with Crippen LogP contribution in [-0.4, -0.2) is 46.1 Å². The largest absolute Gasteiger partial charge is 0.444 e. The van der Waals surface area contributed by atoms with E-state index in [4.69, 9.17) is 4.74 Å². The maximum absolute atomic E-state index is 13.7. The summed E-state index contributed by atoms with van der Waals surface area (Å²) in [5.74, 6) is 0. The highest BCUT2D eigenvalue weighted by atomic mass is 19.4. The first-order chi connectivity index (χ1) is 10.1. The summed E-state index contributed by atoms with van der Waals surface area (Å²) in [4.78, 5) is 13.4. The molecule has 0 radical (unpaired) electrons. The summed E-state index contributed by atoms with van der Waals surface area (Å²) >= 11 is 0. The quantitative estimate of drug-likeness (QED) is 0.782. The summed E-state index contributed by atoms with van der Waals surface area (Å²) in [5, 5.41) is 10.7. The van der Waals surface area contributed by atoms with Gasteiger partial charge in [-0.05, 0) is 40.0 Å². The van der Waals surface area contributed by atoms with E-state index in [2.05, 4.69) is 0 Å². The Hall–Kier alpha value is -0.980. The van der Waals surface area contributed by atoms with Crippen molar-refractivity contribution < 1.29 is 27.8 Å². The van der Waals surface area contributed by atoms with E-state index >= 15 is 0 Å². The maximum Gasteiger partial charge on any atom is 0.419 e. The van der Waals surface area contributed by atoms with Crippen molar-refractivity contribution >= 4 is 6.09 Å². The van der Waals surface area contributed by atoms with Gasteiger partial charge < -0.3 is 14.7 Å². The van der Waals surface area contributed by atoms with Crippen LogP contribution in [0.5, 0.6) is 0 Å². The average molecular weight is 339 g/mol. The summed E-state index contributed by atoms with van der Waals surface area (Å²) in [5.41, 5.74) is -5.29. The lowest BCUT2D eigenvalue weighted by Gasteiger charge is -2.51. The van der Waals surface area contributed by atoms with Gasteiger partial charge >= 0.3 is 12.3 Å². The molecule has 0 aromatic rings. The fourth-order valence-electron chi connectivity index (χ4n) is 3.02. The standard InChI is InChI=1S/C16H28F3NO3/c1-13(2,3)15(22,16(17,18)19)11-9-7-8-10-20(11)12(21)23-14(4,5)6/h11,22H,7-10H2,1-6H3/t11-,15+/m1/s1. The molecule has 0 unspecified atom stereocenters. The molecule has 1 N–H and O–H groups in total. The molecule has 1 amide bonds. The van der Waals surface area contributed by atoms with Gasteiger partial charge in [-0.2, -0.15) is 13.2 Å². The number of hydrogen-bond acceptors (Lipinski definition) is 3. The molecule has 1 aliphatic heterocycles. The third-order valence-corrected chi connectivity index (χ3v) is 4.19. The van der Waals surface area contributed by atoms with Crippen LogP contribution in [0.25, 0.3) is 0 Å². The lowest BCUT2D eigenvalue weighted by atomic mass is 9.68. The number of alkyl halides is 3. The first kappa shape index (κ1) is 20.1. The van der Waals surface area contributed by atoms with Crippen LogP contribution in [0, 0.1) is 5.41 Å². The van der Waals surface area contributed by atoms with Crippen LogP contribution in [-0.2, 0) is 4.74 Å². The zero-order chi connectivity index (χ0) is 18.3. The minimum absolute atomic E-state index is 0.0898. The molecule has 0 aromatic heterocycles. The number of carbonyl (C=O) groups is 1. The van der Waals surface area contributed by atoms with Gasteiger partial charge in [0, 0.05) is 12.0 Å². The minimum Gasteiger partial charge on any atom is -0.444 e. The predicted octanol–water partition coefficient (Wildman–Crippen LogP) is 4.12. The highest BCUT2D eigenvalue weighted by Crippen LogP contribution is 2.49. The second-order valence-electron chi connectivity index (χ2n) is 8.20. The Balaban J connectivity index is 3.25. The first-order valence-electron chi connectivity index (χ1n) is 7.90. The number of carbonyl (C=O) groups excluding carboxylic acids is 1. The number of ether oxygens (including phenoxy) is 1. The Kier molecular flexibility index (Phi) is 5.36. The monoisotopic (exact) mass is 339 g/mol. The second kappa shape index (κ2) is 6.15. The minimum atomic E-state index is -4.85. The highest BCUT2D eigenvalue weighted by Gasteiger charge is 2.66. The molecule has 1 saturated heterocycles. The van der Waals surface area contributed by atoms with Crippen molar-refractivity contribution in [2.24, 2.45) is 5.41 Å². The van der Waals surface area contributed by atoms with Crippen LogP contribution in [0.1, 0.15) is 60.8 Å². The van der Waals surface area contributed by atoms with Gasteiger partial charge in [0.25, 0.3) is 0 Å². The van der Waals surface area contributed by atoms with Crippen molar-refractivity contribution in [3.8, 4) is 0 Å². The average Bonchev–Trinajstić information content (AvgIpc) is 2.33. The number of aliphatic hydroxyl groups is 1. The van der Waals surface area contributed by atoms with Crippen molar-refractivity contribution in [2.45, 2.75) is 84.2 Å². The molecule has 0 saturated carbocycles. The molecule has 0 spiro atoms. The normalized spacial score (nSPS) is 23.4. The number of halogens is 3. The van der Waals surface area contributed by atoms with Crippen molar-refractivity contribution in [1.82, 2.24) is 4.90 Å². The molecule has 7 heteroatoms. The van der Waals surface area contributed by atoms with E-state index in [0.29, 0.717) is 12.8 Å². The molecular formula is C16H28F3NO3. The molecular weight excluding hydrogens is 311 g/mol. The second-order valence-corrected chi connectivity index (χ2v) is 8.20. The Morgan fingerprint density at radius 2 is 1.61 bits per heavy atom. The summed E-state index contributed by atoms with van der Waals surface area (Å²) < 4.78 is 46.4. The van der Waals surface area contributed by atoms with Crippen LogP contribution in [0.2, 0.25) is 0 Å². The summed E-state index contributed by atoms with van der Waals surface area (Å²) in [6.45, 7) is 9.12. The lowest BCUT2D eigenvalue weighted by molar-refractivity contribution is -0.315. The molecule has 0 aromatic carbocycles. The van der Waals surface area contributed by atoms with Gasteiger partial charge in [0.05, 0.1) is 6.04 Å². The highest BCUT2D eigenvalue weighted by molar-refractivity contribution is 5.69. The van der Waals surface area contributed by atoms with E-state index in [-0.39, 0.29) is 13.0 Å². The van der Waals surface area contributed by atoms with Gasteiger partial charge in [0.2, 0.25) is 0 Å². The van der Waals surface area contributed by atoms with E-state index in [1.54, 1.807) is 20.8 Å².